The summed E-state index contributed by atoms with van der Waals surface area (Å²) >= 11 is 3.62. The maximum absolute atomic E-state index is 4.51. The third-order valence-corrected chi connectivity index (χ3v) is 5.73. The SMILES string of the molecule is CNc1ccc(CSc2ccnc3cc(SC)ccc23)cc1C. The van der Waals surface area contributed by atoms with Crippen LogP contribution in [0.15, 0.2) is 58.5 Å². The molecule has 118 valence electrons. The molecule has 0 bridgehead atoms. The first-order chi connectivity index (χ1) is 11.2. The molecule has 0 fully saturated rings. The number of benzene rings is 2. The Kier molecular flexibility index (Phi) is 5.13. The summed E-state index contributed by atoms with van der Waals surface area (Å²) in [6.45, 7) is 2.14. The number of fused-ring (bicyclic) bond motifs is 1. The Morgan fingerprint density at radius 3 is 2.70 bits per heavy atom. The molecule has 0 unspecified atom stereocenters. The lowest BCUT2D eigenvalue weighted by atomic mass is 10.1. The van der Waals surface area contributed by atoms with Gasteiger partial charge in [-0.2, -0.15) is 0 Å². The molecule has 1 N–H and O–H groups in total. The van der Waals surface area contributed by atoms with Gasteiger partial charge >= 0.3 is 0 Å². The van der Waals surface area contributed by atoms with Crippen LogP contribution in [0, 0.1) is 6.92 Å². The second-order valence-electron chi connectivity index (χ2n) is 5.38. The lowest BCUT2D eigenvalue weighted by molar-refractivity contribution is 1.31. The lowest BCUT2D eigenvalue weighted by Crippen LogP contribution is -1.92. The fraction of sp³-hybridized carbons (Fsp3) is 0.211. The molecule has 0 radical (unpaired) electrons. The maximum atomic E-state index is 4.51. The number of nitrogens with zero attached hydrogens (tertiary/aromatic N) is 1. The van der Waals surface area contributed by atoms with Gasteiger partial charge in [0.05, 0.1) is 5.52 Å². The molecule has 1 aromatic heterocycles. The zero-order valence-corrected chi connectivity index (χ0v) is 15.2. The largest absolute Gasteiger partial charge is 0.388 e. The third-order valence-electron chi connectivity index (χ3n) is 3.86. The Balaban J connectivity index is 1.83. The van der Waals surface area contributed by atoms with Crippen molar-refractivity contribution in [3.8, 4) is 0 Å². The van der Waals surface area contributed by atoms with E-state index in [1.165, 1.54) is 32.0 Å². The van der Waals surface area contributed by atoms with Gasteiger partial charge in [-0.3, -0.25) is 4.98 Å². The molecule has 3 aromatic rings. The monoisotopic (exact) mass is 340 g/mol. The van der Waals surface area contributed by atoms with Gasteiger partial charge in [0, 0.05) is 39.9 Å². The van der Waals surface area contributed by atoms with Crippen molar-refractivity contribution in [3.63, 3.8) is 0 Å². The van der Waals surface area contributed by atoms with E-state index in [-0.39, 0.29) is 0 Å². The van der Waals surface area contributed by atoms with E-state index in [4.69, 9.17) is 0 Å². The molecule has 0 atom stereocenters. The van der Waals surface area contributed by atoms with Gasteiger partial charge < -0.3 is 5.32 Å². The fourth-order valence-electron chi connectivity index (χ4n) is 2.61. The van der Waals surface area contributed by atoms with Crippen LogP contribution >= 0.6 is 23.5 Å². The first-order valence-corrected chi connectivity index (χ1v) is 9.75. The number of aromatic nitrogens is 1. The first kappa shape index (κ1) is 16.2. The normalized spacial score (nSPS) is 10.9. The minimum absolute atomic E-state index is 0.966. The summed E-state index contributed by atoms with van der Waals surface area (Å²) in [5.74, 6) is 0.966. The molecule has 0 aliphatic carbocycles. The summed E-state index contributed by atoms with van der Waals surface area (Å²) in [5.41, 5.74) is 4.90. The Hall–Kier alpha value is -1.65. The topological polar surface area (TPSA) is 24.9 Å². The molecule has 1 heterocycles. The molecule has 2 aromatic carbocycles. The molecule has 0 aliphatic heterocycles. The van der Waals surface area contributed by atoms with Crippen LogP contribution in [0.4, 0.5) is 5.69 Å². The van der Waals surface area contributed by atoms with Crippen LogP contribution in [0.1, 0.15) is 11.1 Å². The Morgan fingerprint density at radius 2 is 1.96 bits per heavy atom. The highest BCUT2D eigenvalue weighted by Crippen LogP contribution is 2.31. The number of hydrogen-bond acceptors (Lipinski definition) is 4. The molecule has 3 rings (SSSR count). The van der Waals surface area contributed by atoms with Gasteiger partial charge in [0.1, 0.15) is 0 Å². The standard InChI is InChI=1S/C19H20N2S2/c1-13-10-14(4-7-17(13)20-2)12-23-19-8-9-21-18-11-15(22-3)5-6-16(18)19/h4-11,20H,12H2,1-3H3. The van der Waals surface area contributed by atoms with Crippen molar-refractivity contribution >= 4 is 40.1 Å². The number of pyridine rings is 1. The molecular weight excluding hydrogens is 320 g/mol. The van der Waals surface area contributed by atoms with Gasteiger partial charge in [0.25, 0.3) is 0 Å². The Labute approximate surface area is 146 Å². The number of nitrogens with one attached hydrogen (secondary N) is 1. The molecule has 0 saturated carbocycles. The average Bonchev–Trinajstić information content (AvgIpc) is 2.59. The van der Waals surface area contributed by atoms with Crippen molar-refractivity contribution in [3.05, 3.63) is 59.8 Å². The van der Waals surface area contributed by atoms with E-state index in [1.807, 2.05) is 25.0 Å². The van der Waals surface area contributed by atoms with E-state index in [0.717, 1.165) is 11.3 Å². The summed E-state index contributed by atoms with van der Waals surface area (Å²) in [6, 6.07) is 15.2. The second kappa shape index (κ2) is 7.28. The minimum atomic E-state index is 0.966. The van der Waals surface area contributed by atoms with E-state index < -0.39 is 0 Å². The van der Waals surface area contributed by atoms with Crippen molar-refractivity contribution in [2.24, 2.45) is 0 Å². The highest BCUT2D eigenvalue weighted by Gasteiger charge is 2.05. The summed E-state index contributed by atoms with van der Waals surface area (Å²) in [4.78, 5) is 7.05. The Morgan fingerprint density at radius 1 is 1.09 bits per heavy atom. The van der Waals surface area contributed by atoms with Gasteiger partial charge in [-0.25, -0.2) is 0 Å². The molecule has 0 saturated heterocycles. The summed E-state index contributed by atoms with van der Waals surface area (Å²) in [6.07, 6.45) is 4.00. The first-order valence-electron chi connectivity index (χ1n) is 7.54. The smallest absolute Gasteiger partial charge is 0.0724 e. The molecule has 0 amide bonds. The number of hydrogen-bond donors (Lipinski definition) is 1. The van der Waals surface area contributed by atoms with Gasteiger partial charge in [-0.05, 0) is 48.6 Å². The number of anilines is 1. The van der Waals surface area contributed by atoms with E-state index in [0.29, 0.717) is 0 Å². The highest BCUT2D eigenvalue weighted by atomic mass is 32.2. The fourth-order valence-corrected chi connectivity index (χ4v) is 4.03. The molecule has 23 heavy (non-hydrogen) atoms. The average molecular weight is 341 g/mol. The lowest BCUT2D eigenvalue weighted by Gasteiger charge is -2.09. The number of aryl methyl sites for hydroxylation is 1. The van der Waals surface area contributed by atoms with Gasteiger partial charge in [-0.1, -0.05) is 18.2 Å². The number of thioether (sulfide) groups is 2. The van der Waals surface area contributed by atoms with Gasteiger partial charge in [0.2, 0.25) is 0 Å². The van der Waals surface area contributed by atoms with Gasteiger partial charge in [0.15, 0.2) is 0 Å². The zero-order chi connectivity index (χ0) is 16.2. The zero-order valence-electron chi connectivity index (χ0n) is 13.6. The molecule has 4 heteroatoms. The highest BCUT2D eigenvalue weighted by molar-refractivity contribution is 7.99. The van der Waals surface area contributed by atoms with Crippen LogP contribution in [0.3, 0.4) is 0 Å². The second-order valence-corrected chi connectivity index (χ2v) is 7.28. The van der Waals surface area contributed by atoms with E-state index in [2.05, 4.69) is 65.9 Å². The van der Waals surface area contributed by atoms with Crippen LogP contribution in [0.2, 0.25) is 0 Å². The van der Waals surface area contributed by atoms with Gasteiger partial charge in [-0.15, -0.1) is 23.5 Å². The van der Waals surface area contributed by atoms with Crippen LogP contribution in [0.25, 0.3) is 10.9 Å². The predicted octanol–water partition coefficient (Wildman–Crippen LogP) is 5.60. The summed E-state index contributed by atoms with van der Waals surface area (Å²) in [7, 11) is 1.96. The molecule has 0 aliphatic rings. The van der Waals surface area contributed by atoms with Crippen molar-refractivity contribution < 1.29 is 0 Å². The summed E-state index contributed by atoms with van der Waals surface area (Å²) < 4.78 is 0. The minimum Gasteiger partial charge on any atom is -0.388 e. The van der Waals surface area contributed by atoms with Crippen LogP contribution in [-0.2, 0) is 5.75 Å². The van der Waals surface area contributed by atoms with Crippen LogP contribution in [-0.4, -0.2) is 18.3 Å². The van der Waals surface area contributed by atoms with E-state index >= 15 is 0 Å². The van der Waals surface area contributed by atoms with Crippen LogP contribution < -0.4 is 5.32 Å². The maximum Gasteiger partial charge on any atom is 0.0724 e. The van der Waals surface area contributed by atoms with E-state index in [1.54, 1.807) is 11.8 Å². The molecule has 2 nitrogen and oxygen atoms in total. The molecular formula is C19H20N2S2. The third kappa shape index (κ3) is 3.65. The number of rotatable bonds is 5. The van der Waals surface area contributed by atoms with Crippen molar-refractivity contribution in [2.75, 3.05) is 18.6 Å². The molecule has 0 spiro atoms. The quantitative estimate of drug-likeness (QED) is 0.611. The van der Waals surface area contributed by atoms with Crippen molar-refractivity contribution in [1.29, 1.82) is 0 Å². The van der Waals surface area contributed by atoms with Crippen molar-refractivity contribution in [2.45, 2.75) is 22.5 Å². The predicted molar refractivity (Wildman–Crippen MR) is 104 cm³/mol. The van der Waals surface area contributed by atoms with Crippen LogP contribution in [0.5, 0.6) is 0 Å². The summed E-state index contributed by atoms with van der Waals surface area (Å²) in [5, 5.41) is 4.45. The van der Waals surface area contributed by atoms with E-state index in [9.17, 15) is 0 Å². The Bertz CT molecular complexity index is 831. The van der Waals surface area contributed by atoms with Crippen molar-refractivity contribution in [1.82, 2.24) is 4.98 Å².